The molecular weight excluding hydrogens is 392 g/mol. The van der Waals surface area contributed by atoms with Gasteiger partial charge >= 0.3 is 0 Å². The molecule has 150 valence electrons. The van der Waals surface area contributed by atoms with Crippen molar-refractivity contribution in [1.82, 2.24) is 5.16 Å². The van der Waals surface area contributed by atoms with Crippen LogP contribution in [0, 0.1) is 6.92 Å². The summed E-state index contributed by atoms with van der Waals surface area (Å²) in [5, 5.41) is 6.48. The molecule has 1 atom stereocenters. The van der Waals surface area contributed by atoms with Crippen LogP contribution in [0.25, 0.3) is 21.7 Å². The highest BCUT2D eigenvalue weighted by Crippen LogP contribution is 2.42. The predicted molar refractivity (Wildman–Crippen MR) is 116 cm³/mol. The molecule has 6 nitrogen and oxygen atoms in total. The minimum atomic E-state index is -0.682. The third-order valence-electron chi connectivity index (χ3n) is 5.76. The fraction of sp³-hybridized carbons (Fsp3) is 0.0800. The number of carbonyl (C=O) groups is 1. The van der Waals surface area contributed by atoms with Crippen LogP contribution in [0.2, 0.25) is 0 Å². The Morgan fingerprint density at radius 1 is 0.903 bits per heavy atom. The molecule has 5 aromatic rings. The third kappa shape index (κ3) is 2.48. The van der Waals surface area contributed by atoms with Gasteiger partial charge in [0, 0.05) is 6.07 Å². The van der Waals surface area contributed by atoms with Gasteiger partial charge in [-0.25, -0.2) is 0 Å². The van der Waals surface area contributed by atoms with Crippen molar-refractivity contribution in [2.45, 2.75) is 13.0 Å². The summed E-state index contributed by atoms with van der Waals surface area (Å²) in [6, 6.07) is 21.7. The van der Waals surface area contributed by atoms with Crippen LogP contribution in [0.1, 0.15) is 33.5 Å². The van der Waals surface area contributed by atoms with Gasteiger partial charge < -0.3 is 8.94 Å². The molecule has 1 aliphatic heterocycles. The number of fused-ring (bicyclic) bond motifs is 3. The number of hydrogen-bond donors (Lipinski definition) is 0. The first-order chi connectivity index (χ1) is 15.1. The molecule has 0 aliphatic carbocycles. The van der Waals surface area contributed by atoms with Crippen molar-refractivity contribution in [3.05, 3.63) is 106 Å². The molecule has 0 spiro atoms. The Balaban J connectivity index is 1.72. The van der Waals surface area contributed by atoms with Gasteiger partial charge in [0.15, 0.2) is 11.2 Å². The first-order valence-corrected chi connectivity index (χ1v) is 9.94. The van der Waals surface area contributed by atoms with Gasteiger partial charge in [0.05, 0.1) is 17.0 Å². The van der Waals surface area contributed by atoms with Crippen molar-refractivity contribution in [2.24, 2.45) is 0 Å². The highest BCUT2D eigenvalue weighted by atomic mass is 16.5. The summed E-state index contributed by atoms with van der Waals surface area (Å²) in [6.07, 6.45) is 0. The molecular formula is C25H16N2O4. The standard InChI is InChI=1S/C25H16N2O4/c1-14-13-20(26-31-14)27-22(17-11-6-8-15-7-2-3-9-16(15)17)21-23(28)18-10-4-5-12-19(18)30-24(21)25(27)29/h2-13,22H,1H3/t22-/m1/s1. The minimum Gasteiger partial charge on any atom is -0.450 e. The van der Waals surface area contributed by atoms with Crippen molar-refractivity contribution >= 4 is 33.5 Å². The lowest BCUT2D eigenvalue weighted by Crippen LogP contribution is -2.29. The molecule has 0 saturated carbocycles. The van der Waals surface area contributed by atoms with E-state index in [1.54, 1.807) is 37.3 Å². The fourth-order valence-electron chi connectivity index (χ4n) is 4.41. The molecule has 6 rings (SSSR count). The average Bonchev–Trinajstić information content (AvgIpc) is 3.34. The van der Waals surface area contributed by atoms with E-state index in [4.69, 9.17) is 8.94 Å². The molecule has 1 amide bonds. The van der Waals surface area contributed by atoms with Gasteiger partial charge in [0.25, 0.3) is 5.91 Å². The van der Waals surface area contributed by atoms with Gasteiger partial charge in [-0.3, -0.25) is 14.5 Å². The number of amides is 1. The molecule has 0 radical (unpaired) electrons. The largest absolute Gasteiger partial charge is 0.450 e. The summed E-state index contributed by atoms with van der Waals surface area (Å²) in [6.45, 7) is 1.76. The summed E-state index contributed by atoms with van der Waals surface area (Å²) in [4.78, 5) is 28.6. The Kier molecular flexibility index (Phi) is 3.65. The number of aryl methyl sites for hydroxylation is 1. The molecule has 0 saturated heterocycles. The molecule has 3 heterocycles. The van der Waals surface area contributed by atoms with Gasteiger partial charge in [-0.05, 0) is 35.4 Å². The van der Waals surface area contributed by atoms with Crippen LogP contribution in [0.15, 0.2) is 86.5 Å². The zero-order valence-electron chi connectivity index (χ0n) is 16.5. The van der Waals surface area contributed by atoms with Crippen LogP contribution in [0.5, 0.6) is 0 Å². The fourth-order valence-corrected chi connectivity index (χ4v) is 4.41. The van der Waals surface area contributed by atoms with Crippen LogP contribution in [-0.2, 0) is 0 Å². The monoisotopic (exact) mass is 408 g/mol. The molecule has 2 aromatic heterocycles. The first kappa shape index (κ1) is 17.7. The quantitative estimate of drug-likeness (QED) is 0.411. The Bertz CT molecular complexity index is 1560. The zero-order chi connectivity index (χ0) is 21.1. The number of carbonyl (C=O) groups excluding carboxylic acids is 1. The van der Waals surface area contributed by atoms with E-state index in [2.05, 4.69) is 5.16 Å². The van der Waals surface area contributed by atoms with Crippen molar-refractivity contribution in [1.29, 1.82) is 0 Å². The van der Waals surface area contributed by atoms with E-state index < -0.39 is 11.9 Å². The molecule has 6 heteroatoms. The Morgan fingerprint density at radius 2 is 1.65 bits per heavy atom. The Hall–Kier alpha value is -4.19. The lowest BCUT2D eigenvalue weighted by atomic mass is 9.94. The summed E-state index contributed by atoms with van der Waals surface area (Å²) >= 11 is 0. The third-order valence-corrected chi connectivity index (χ3v) is 5.76. The van der Waals surface area contributed by atoms with E-state index in [1.807, 2.05) is 42.5 Å². The topological polar surface area (TPSA) is 76.6 Å². The second-order valence-corrected chi connectivity index (χ2v) is 7.61. The maximum atomic E-state index is 13.6. The number of nitrogens with zero attached hydrogens (tertiary/aromatic N) is 2. The molecule has 0 fully saturated rings. The molecule has 0 unspecified atom stereocenters. The second kappa shape index (κ2) is 6.40. The Morgan fingerprint density at radius 3 is 2.45 bits per heavy atom. The van der Waals surface area contributed by atoms with E-state index in [0.29, 0.717) is 28.1 Å². The summed E-state index contributed by atoms with van der Waals surface area (Å²) in [7, 11) is 0. The molecule has 0 bridgehead atoms. The van der Waals surface area contributed by atoms with Gasteiger partial charge in [0.1, 0.15) is 11.3 Å². The van der Waals surface area contributed by atoms with E-state index in [1.165, 1.54) is 4.90 Å². The highest BCUT2D eigenvalue weighted by Gasteiger charge is 2.45. The van der Waals surface area contributed by atoms with E-state index in [9.17, 15) is 9.59 Å². The number of rotatable bonds is 2. The van der Waals surface area contributed by atoms with Crippen molar-refractivity contribution in [2.75, 3.05) is 4.90 Å². The number of anilines is 1. The highest BCUT2D eigenvalue weighted by molar-refractivity contribution is 6.11. The van der Waals surface area contributed by atoms with Crippen molar-refractivity contribution < 1.29 is 13.7 Å². The lowest BCUT2D eigenvalue weighted by Gasteiger charge is -2.23. The molecule has 31 heavy (non-hydrogen) atoms. The lowest BCUT2D eigenvalue weighted by molar-refractivity contribution is 0.0969. The number of aromatic nitrogens is 1. The van der Waals surface area contributed by atoms with Crippen LogP contribution in [0.3, 0.4) is 0 Å². The van der Waals surface area contributed by atoms with E-state index in [0.717, 1.165) is 16.3 Å². The SMILES string of the molecule is Cc1cc(N2C(=O)c3oc4ccccc4c(=O)c3[C@H]2c2cccc3ccccc23)no1. The van der Waals surface area contributed by atoms with E-state index >= 15 is 0 Å². The number of hydrogen-bond acceptors (Lipinski definition) is 5. The maximum Gasteiger partial charge on any atom is 0.296 e. The van der Waals surface area contributed by atoms with Crippen molar-refractivity contribution in [3.63, 3.8) is 0 Å². The van der Waals surface area contributed by atoms with Gasteiger partial charge in [-0.1, -0.05) is 59.8 Å². The smallest absolute Gasteiger partial charge is 0.296 e. The van der Waals surface area contributed by atoms with Crippen LogP contribution >= 0.6 is 0 Å². The average molecular weight is 408 g/mol. The first-order valence-electron chi connectivity index (χ1n) is 9.94. The normalized spacial score (nSPS) is 15.7. The zero-order valence-corrected chi connectivity index (χ0v) is 16.5. The van der Waals surface area contributed by atoms with Crippen molar-refractivity contribution in [3.8, 4) is 0 Å². The summed E-state index contributed by atoms with van der Waals surface area (Å²) in [5.74, 6) is 0.543. The van der Waals surface area contributed by atoms with Crippen LogP contribution in [-0.4, -0.2) is 11.1 Å². The second-order valence-electron chi connectivity index (χ2n) is 7.61. The predicted octanol–water partition coefficient (Wildman–Crippen LogP) is 4.99. The number of benzene rings is 3. The van der Waals surface area contributed by atoms with Crippen LogP contribution in [0.4, 0.5) is 5.82 Å². The minimum absolute atomic E-state index is 0.0438. The molecule has 0 N–H and O–H groups in total. The summed E-state index contributed by atoms with van der Waals surface area (Å²) in [5.41, 5.74) is 1.31. The van der Waals surface area contributed by atoms with E-state index in [-0.39, 0.29) is 11.2 Å². The van der Waals surface area contributed by atoms with Gasteiger partial charge in [-0.2, -0.15) is 0 Å². The maximum absolute atomic E-state index is 13.6. The van der Waals surface area contributed by atoms with Crippen LogP contribution < -0.4 is 10.3 Å². The summed E-state index contributed by atoms with van der Waals surface area (Å²) < 4.78 is 11.2. The molecule has 3 aromatic carbocycles. The van der Waals surface area contributed by atoms with Gasteiger partial charge in [-0.15, -0.1) is 0 Å². The Labute approximate surface area is 176 Å². The number of para-hydroxylation sites is 1. The molecule has 1 aliphatic rings. The van der Waals surface area contributed by atoms with Gasteiger partial charge in [0.2, 0.25) is 5.76 Å².